The molecule has 0 aliphatic carbocycles. The molecule has 1 heterocycles. The third kappa shape index (κ3) is 7.00. The van der Waals surface area contributed by atoms with Gasteiger partial charge in [-0.1, -0.05) is 42.5 Å². The van der Waals surface area contributed by atoms with Crippen LogP contribution in [0.25, 0.3) is 0 Å². The maximum atomic E-state index is 10.8. The van der Waals surface area contributed by atoms with Crippen LogP contribution in [-0.2, 0) is 5.60 Å². The van der Waals surface area contributed by atoms with Crippen molar-refractivity contribution in [1.29, 1.82) is 0 Å². The van der Waals surface area contributed by atoms with Crippen molar-refractivity contribution in [3.63, 3.8) is 0 Å². The summed E-state index contributed by atoms with van der Waals surface area (Å²) in [6.07, 6.45) is 1.12. The average molecular weight is 538 g/mol. The minimum Gasteiger partial charge on any atom is -0.495 e. The summed E-state index contributed by atoms with van der Waals surface area (Å²) in [6, 6.07) is 17.9. The third-order valence-electron chi connectivity index (χ3n) is 5.55. The van der Waals surface area contributed by atoms with Crippen molar-refractivity contribution in [2.45, 2.75) is 25.9 Å². The van der Waals surface area contributed by atoms with Crippen molar-refractivity contribution in [2.75, 3.05) is 44.7 Å². The molecule has 0 saturated carbocycles. The fraction of sp³-hybridized carbons (Fsp3) is 0.458. The number of methoxy groups -OCH3 is 1. The van der Waals surface area contributed by atoms with Crippen LogP contribution in [0.1, 0.15) is 25.8 Å². The first-order valence-electron chi connectivity index (χ1n) is 10.7. The quantitative estimate of drug-likeness (QED) is 0.272. The Labute approximate surface area is 203 Å². The standard InChI is InChI=1S/C24H34N4O2.HI/c1-4-25-23(27-18-24(2,29)20-10-6-5-7-11-20)26-16-19-14-15-28(17-19)21-12-8-9-13-22(21)30-3;/h5-13,19,29H,4,14-18H2,1-3H3,(H2,25,26,27);1H. The summed E-state index contributed by atoms with van der Waals surface area (Å²) in [4.78, 5) is 7.02. The monoisotopic (exact) mass is 538 g/mol. The number of para-hydroxylation sites is 2. The zero-order valence-electron chi connectivity index (χ0n) is 18.7. The second-order valence-corrected chi connectivity index (χ2v) is 7.99. The predicted molar refractivity (Wildman–Crippen MR) is 139 cm³/mol. The molecule has 2 atom stereocenters. The van der Waals surface area contributed by atoms with E-state index in [-0.39, 0.29) is 24.0 Å². The molecule has 2 aromatic carbocycles. The van der Waals surface area contributed by atoms with E-state index in [9.17, 15) is 5.11 Å². The number of nitrogens with one attached hydrogen (secondary N) is 2. The molecule has 3 rings (SSSR count). The molecule has 1 saturated heterocycles. The van der Waals surface area contributed by atoms with Gasteiger partial charge in [0.15, 0.2) is 5.96 Å². The van der Waals surface area contributed by atoms with Crippen LogP contribution in [0.2, 0.25) is 0 Å². The Morgan fingerprint density at radius 1 is 1.16 bits per heavy atom. The number of aliphatic hydroxyl groups is 1. The number of hydrogen-bond acceptors (Lipinski definition) is 4. The van der Waals surface area contributed by atoms with Crippen LogP contribution in [0.4, 0.5) is 5.69 Å². The normalized spacial score (nSPS) is 18.1. The average Bonchev–Trinajstić information content (AvgIpc) is 3.25. The predicted octanol–water partition coefficient (Wildman–Crippen LogP) is 3.60. The van der Waals surface area contributed by atoms with Crippen molar-refractivity contribution in [3.8, 4) is 5.75 Å². The van der Waals surface area contributed by atoms with Crippen molar-refractivity contribution >= 4 is 35.6 Å². The highest BCUT2D eigenvalue weighted by Gasteiger charge is 2.25. The van der Waals surface area contributed by atoms with Crippen LogP contribution in [0, 0.1) is 5.92 Å². The van der Waals surface area contributed by atoms with E-state index in [1.165, 1.54) is 0 Å². The van der Waals surface area contributed by atoms with Crippen LogP contribution in [0.5, 0.6) is 5.75 Å². The fourth-order valence-electron chi connectivity index (χ4n) is 3.81. The smallest absolute Gasteiger partial charge is 0.191 e. The molecule has 1 aliphatic rings. The molecule has 3 N–H and O–H groups in total. The van der Waals surface area contributed by atoms with Gasteiger partial charge in [0, 0.05) is 26.2 Å². The highest BCUT2D eigenvalue weighted by Crippen LogP contribution is 2.31. The third-order valence-corrected chi connectivity index (χ3v) is 5.55. The molecule has 2 unspecified atom stereocenters. The van der Waals surface area contributed by atoms with E-state index in [1.54, 1.807) is 14.0 Å². The summed E-state index contributed by atoms with van der Waals surface area (Å²) >= 11 is 0. The summed E-state index contributed by atoms with van der Waals surface area (Å²) in [5, 5.41) is 17.6. The lowest BCUT2D eigenvalue weighted by Gasteiger charge is -2.23. The maximum Gasteiger partial charge on any atom is 0.191 e. The molecule has 0 spiro atoms. The molecule has 0 amide bonds. The number of aliphatic imine (C=N–C) groups is 1. The lowest BCUT2D eigenvalue weighted by atomic mass is 9.96. The number of rotatable bonds is 8. The van der Waals surface area contributed by atoms with E-state index in [4.69, 9.17) is 4.74 Å². The Morgan fingerprint density at radius 2 is 1.87 bits per heavy atom. The Bertz CT molecular complexity index is 829. The van der Waals surface area contributed by atoms with Gasteiger partial charge in [0.05, 0.1) is 19.3 Å². The number of benzene rings is 2. The van der Waals surface area contributed by atoms with Crippen LogP contribution in [0.3, 0.4) is 0 Å². The summed E-state index contributed by atoms with van der Waals surface area (Å²) in [7, 11) is 1.72. The molecule has 0 radical (unpaired) electrons. The van der Waals surface area contributed by atoms with Crippen molar-refractivity contribution < 1.29 is 9.84 Å². The minimum absolute atomic E-state index is 0. The topological polar surface area (TPSA) is 69.1 Å². The second kappa shape index (κ2) is 12.1. The van der Waals surface area contributed by atoms with Crippen molar-refractivity contribution in [3.05, 3.63) is 60.2 Å². The number of hydrogen-bond donors (Lipinski definition) is 3. The van der Waals surface area contributed by atoms with Crippen LogP contribution >= 0.6 is 24.0 Å². The summed E-state index contributed by atoms with van der Waals surface area (Å²) in [6.45, 7) is 7.76. The lowest BCUT2D eigenvalue weighted by Crippen LogP contribution is -2.41. The van der Waals surface area contributed by atoms with Gasteiger partial charge < -0.3 is 25.4 Å². The van der Waals surface area contributed by atoms with E-state index >= 15 is 0 Å². The number of ether oxygens (including phenoxy) is 1. The van der Waals surface area contributed by atoms with E-state index in [1.807, 2.05) is 49.4 Å². The Kier molecular flexibility index (Phi) is 9.90. The van der Waals surface area contributed by atoms with Crippen LogP contribution < -0.4 is 20.3 Å². The van der Waals surface area contributed by atoms with Gasteiger partial charge in [-0.2, -0.15) is 0 Å². The largest absolute Gasteiger partial charge is 0.495 e. The van der Waals surface area contributed by atoms with E-state index in [0.29, 0.717) is 12.5 Å². The van der Waals surface area contributed by atoms with Crippen molar-refractivity contribution in [2.24, 2.45) is 10.9 Å². The molecule has 170 valence electrons. The zero-order chi connectivity index (χ0) is 21.4. The molecule has 0 aromatic heterocycles. The number of guanidine groups is 1. The van der Waals surface area contributed by atoms with Gasteiger partial charge in [0.2, 0.25) is 0 Å². The van der Waals surface area contributed by atoms with E-state index in [2.05, 4.69) is 32.7 Å². The van der Waals surface area contributed by atoms with Gasteiger partial charge in [-0.15, -0.1) is 24.0 Å². The SMILES string of the molecule is CCNC(=NCC(C)(O)c1ccccc1)NCC1CCN(c2ccccc2OC)C1.I. The second-order valence-electron chi connectivity index (χ2n) is 7.99. The molecule has 7 heteroatoms. The highest BCUT2D eigenvalue weighted by atomic mass is 127. The molecule has 2 aromatic rings. The molecular formula is C24H35IN4O2. The van der Waals surface area contributed by atoms with Gasteiger partial charge in [0.1, 0.15) is 11.4 Å². The number of anilines is 1. The Hall–Kier alpha value is -2.00. The minimum atomic E-state index is -1.00. The number of halogens is 1. The van der Waals surface area contributed by atoms with Gasteiger partial charge in [-0.3, -0.25) is 0 Å². The number of nitrogens with zero attached hydrogens (tertiary/aromatic N) is 2. The molecule has 6 nitrogen and oxygen atoms in total. The molecule has 0 bridgehead atoms. The fourth-order valence-corrected chi connectivity index (χ4v) is 3.81. The van der Waals surface area contributed by atoms with Gasteiger partial charge in [-0.05, 0) is 43.9 Å². The lowest BCUT2D eigenvalue weighted by molar-refractivity contribution is 0.0672. The maximum absolute atomic E-state index is 10.8. The van der Waals surface area contributed by atoms with Gasteiger partial charge in [0.25, 0.3) is 0 Å². The summed E-state index contributed by atoms with van der Waals surface area (Å²) in [5.74, 6) is 2.18. The molecular weight excluding hydrogens is 503 g/mol. The summed E-state index contributed by atoms with van der Waals surface area (Å²) in [5.41, 5.74) is 1.02. The first kappa shape index (κ1) is 25.3. The zero-order valence-corrected chi connectivity index (χ0v) is 21.0. The molecule has 1 fully saturated rings. The van der Waals surface area contributed by atoms with E-state index in [0.717, 1.165) is 55.6 Å². The molecule has 1 aliphatic heterocycles. The molecule has 31 heavy (non-hydrogen) atoms. The van der Waals surface area contributed by atoms with Gasteiger partial charge >= 0.3 is 0 Å². The van der Waals surface area contributed by atoms with Crippen LogP contribution in [0.15, 0.2) is 59.6 Å². The first-order valence-corrected chi connectivity index (χ1v) is 10.7. The Morgan fingerprint density at radius 3 is 2.58 bits per heavy atom. The van der Waals surface area contributed by atoms with Gasteiger partial charge in [-0.25, -0.2) is 4.99 Å². The highest BCUT2D eigenvalue weighted by molar-refractivity contribution is 14.0. The van der Waals surface area contributed by atoms with Crippen molar-refractivity contribution in [1.82, 2.24) is 10.6 Å². The van der Waals surface area contributed by atoms with E-state index < -0.39 is 5.60 Å². The first-order chi connectivity index (χ1) is 14.5. The summed E-state index contributed by atoms with van der Waals surface area (Å²) < 4.78 is 5.51. The van der Waals surface area contributed by atoms with Crippen LogP contribution in [-0.4, -0.2) is 50.9 Å². The Balaban J connectivity index is 0.00000341.